The summed E-state index contributed by atoms with van der Waals surface area (Å²) in [6.07, 6.45) is 1.65. The van der Waals surface area contributed by atoms with Gasteiger partial charge in [0.2, 0.25) is 5.91 Å². The summed E-state index contributed by atoms with van der Waals surface area (Å²) in [5, 5.41) is 15.9. The molecule has 0 radical (unpaired) electrons. The van der Waals surface area contributed by atoms with Crippen LogP contribution in [0.3, 0.4) is 0 Å². The van der Waals surface area contributed by atoms with Crippen LogP contribution in [0.15, 0.2) is 58.6 Å². The van der Waals surface area contributed by atoms with E-state index in [9.17, 15) is 9.59 Å². The molecular formula is C26H25N3O5. The fraction of sp³-hybridized carbons (Fsp3) is 0.231. The summed E-state index contributed by atoms with van der Waals surface area (Å²) < 4.78 is 15.8. The van der Waals surface area contributed by atoms with Gasteiger partial charge in [-0.25, -0.2) is 4.79 Å². The lowest BCUT2D eigenvalue weighted by Crippen LogP contribution is -2.14. The molecule has 0 aliphatic carbocycles. The topological polar surface area (TPSA) is 114 Å². The van der Waals surface area contributed by atoms with E-state index in [1.807, 2.05) is 44.2 Å². The van der Waals surface area contributed by atoms with E-state index >= 15 is 0 Å². The van der Waals surface area contributed by atoms with Crippen molar-refractivity contribution in [3.05, 3.63) is 82.2 Å². The van der Waals surface area contributed by atoms with Gasteiger partial charge in [-0.2, -0.15) is 5.26 Å². The molecule has 0 spiro atoms. The van der Waals surface area contributed by atoms with E-state index in [2.05, 4.69) is 10.5 Å². The van der Waals surface area contributed by atoms with Gasteiger partial charge in [-0.1, -0.05) is 29.4 Å². The molecule has 0 atom stereocenters. The summed E-state index contributed by atoms with van der Waals surface area (Å²) in [6.45, 7) is 5.95. The van der Waals surface area contributed by atoms with Gasteiger partial charge in [0.05, 0.1) is 24.3 Å². The maximum atomic E-state index is 12.4. The van der Waals surface area contributed by atoms with Gasteiger partial charge in [-0.15, -0.1) is 0 Å². The van der Waals surface area contributed by atoms with Gasteiger partial charge < -0.3 is 19.3 Å². The first kappa shape index (κ1) is 24.3. The Kier molecular flexibility index (Phi) is 8.19. The van der Waals surface area contributed by atoms with E-state index in [-0.39, 0.29) is 24.5 Å². The van der Waals surface area contributed by atoms with Crippen LogP contribution in [0.2, 0.25) is 0 Å². The molecule has 2 aromatic carbocycles. The van der Waals surface area contributed by atoms with Crippen LogP contribution in [0.25, 0.3) is 6.08 Å². The number of nitriles is 1. The molecule has 3 aromatic rings. The Morgan fingerprint density at radius 1 is 1.12 bits per heavy atom. The Hall–Kier alpha value is -4.38. The van der Waals surface area contributed by atoms with Gasteiger partial charge in [0.15, 0.2) is 0 Å². The average molecular weight is 460 g/mol. The zero-order chi connectivity index (χ0) is 24.5. The van der Waals surface area contributed by atoms with Gasteiger partial charge in [0.1, 0.15) is 29.8 Å². The summed E-state index contributed by atoms with van der Waals surface area (Å²) >= 11 is 0. The van der Waals surface area contributed by atoms with Gasteiger partial charge in [0.25, 0.3) is 0 Å². The molecule has 0 saturated heterocycles. The Labute approximate surface area is 197 Å². The normalized spacial score (nSPS) is 10.9. The van der Waals surface area contributed by atoms with Crippen LogP contribution in [0.4, 0.5) is 5.69 Å². The minimum absolute atomic E-state index is 0.0854. The fourth-order valence-electron chi connectivity index (χ4n) is 3.13. The van der Waals surface area contributed by atoms with Crippen molar-refractivity contribution >= 4 is 23.6 Å². The largest absolute Gasteiger partial charge is 0.489 e. The third-order valence-corrected chi connectivity index (χ3v) is 4.97. The van der Waals surface area contributed by atoms with E-state index in [1.54, 1.807) is 31.2 Å². The van der Waals surface area contributed by atoms with Crippen molar-refractivity contribution in [1.82, 2.24) is 5.16 Å². The van der Waals surface area contributed by atoms with Gasteiger partial charge in [-0.3, -0.25) is 4.79 Å². The van der Waals surface area contributed by atoms with Crippen molar-refractivity contribution in [2.75, 3.05) is 11.9 Å². The molecule has 0 fully saturated rings. The SMILES string of the molecule is CCOC(=O)/C(C#N)=C\c1ccc(NC(=O)Cc2ccc(OCc3c(C)noc3C)cc2)cc1. The van der Waals surface area contributed by atoms with E-state index in [0.717, 1.165) is 22.6 Å². The second-order valence-corrected chi connectivity index (χ2v) is 7.47. The first-order valence-corrected chi connectivity index (χ1v) is 10.7. The summed E-state index contributed by atoms with van der Waals surface area (Å²) in [6, 6.07) is 16.0. The number of nitrogens with zero attached hydrogens (tertiary/aromatic N) is 2. The number of benzene rings is 2. The Balaban J connectivity index is 1.53. The fourth-order valence-corrected chi connectivity index (χ4v) is 3.13. The van der Waals surface area contributed by atoms with E-state index in [0.29, 0.717) is 23.6 Å². The van der Waals surface area contributed by atoms with Gasteiger partial charge >= 0.3 is 5.97 Å². The summed E-state index contributed by atoms with van der Waals surface area (Å²) in [4.78, 5) is 24.1. The second-order valence-electron chi connectivity index (χ2n) is 7.47. The number of carbonyl (C=O) groups excluding carboxylic acids is 2. The molecule has 1 amide bonds. The van der Waals surface area contributed by atoms with Crippen LogP contribution in [0.1, 0.15) is 35.1 Å². The quantitative estimate of drug-likeness (QED) is 0.284. The second kappa shape index (κ2) is 11.5. The molecule has 0 bridgehead atoms. The predicted octanol–water partition coefficient (Wildman–Crippen LogP) is 4.52. The highest BCUT2D eigenvalue weighted by atomic mass is 16.5. The Bertz CT molecular complexity index is 1200. The van der Waals surface area contributed by atoms with Crippen molar-refractivity contribution in [3.63, 3.8) is 0 Å². The molecule has 0 aliphatic heterocycles. The maximum Gasteiger partial charge on any atom is 0.348 e. The lowest BCUT2D eigenvalue weighted by Gasteiger charge is -2.08. The van der Waals surface area contributed by atoms with Crippen LogP contribution in [-0.2, 0) is 27.4 Å². The monoisotopic (exact) mass is 459 g/mol. The number of hydrogen-bond donors (Lipinski definition) is 1. The summed E-state index contributed by atoms with van der Waals surface area (Å²) in [5.74, 6) is 0.589. The highest BCUT2D eigenvalue weighted by molar-refractivity contribution is 5.98. The highest BCUT2D eigenvalue weighted by Gasteiger charge is 2.11. The molecule has 0 aliphatic rings. The van der Waals surface area contributed by atoms with E-state index < -0.39 is 5.97 Å². The van der Waals surface area contributed by atoms with Crippen LogP contribution in [0.5, 0.6) is 5.75 Å². The average Bonchev–Trinajstić information content (AvgIpc) is 3.15. The zero-order valence-electron chi connectivity index (χ0n) is 19.3. The number of carbonyl (C=O) groups is 2. The molecule has 174 valence electrons. The maximum absolute atomic E-state index is 12.4. The van der Waals surface area contributed by atoms with E-state index in [4.69, 9.17) is 19.3 Å². The number of nitrogens with one attached hydrogen (secondary N) is 1. The van der Waals surface area contributed by atoms with Crippen LogP contribution >= 0.6 is 0 Å². The molecule has 3 rings (SSSR count). The van der Waals surface area contributed by atoms with Crippen LogP contribution in [-0.4, -0.2) is 23.6 Å². The third kappa shape index (κ3) is 6.56. The van der Waals surface area contributed by atoms with Crippen LogP contribution < -0.4 is 10.1 Å². The van der Waals surface area contributed by atoms with Crippen molar-refractivity contribution in [2.45, 2.75) is 33.8 Å². The number of hydrogen-bond acceptors (Lipinski definition) is 7. The molecule has 1 heterocycles. The molecule has 8 heteroatoms. The molecule has 34 heavy (non-hydrogen) atoms. The number of amides is 1. The summed E-state index contributed by atoms with van der Waals surface area (Å²) in [7, 11) is 0. The molecule has 8 nitrogen and oxygen atoms in total. The zero-order valence-corrected chi connectivity index (χ0v) is 19.3. The molecule has 1 aromatic heterocycles. The molecular weight excluding hydrogens is 434 g/mol. The highest BCUT2D eigenvalue weighted by Crippen LogP contribution is 2.19. The van der Waals surface area contributed by atoms with Gasteiger partial charge in [0, 0.05) is 5.69 Å². The number of aryl methyl sites for hydroxylation is 2. The summed E-state index contributed by atoms with van der Waals surface area (Å²) in [5.41, 5.74) is 3.74. The smallest absolute Gasteiger partial charge is 0.348 e. The van der Waals surface area contributed by atoms with Crippen molar-refractivity contribution < 1.29 is 23.6 Å². The standard InChI is InChI=1S/C26H25N3O5/c1-4-32-26(31)21(15-27)13-19-5-9-22(10-6-19)28-25(30)14-20-7-11-23(12-8-20)33-16-24-17(2)29-34-18(24)3/h5-13H,4,14,16H2,1-3H3,(H,28,30)/b21-13-. The number of anilines is 1. The first-order chi connectivity index (χ1) is 16.4. The van der Waals surface area contributed by atoms with E-state index in [1.165, 1.54) is 6.08 Å². The van der Waals surface area contributed by atoms with Crippen molar-refractivity contribution in [3.8, 4) is 11.8 Å². The molecule has 0 saturated carbocycles. The predicted molar refractivity (Wildman–Crippen MR) is 126 cm³/mol. The lowest BCUT2D eigenvalue weighted by molar-refractivity contribution is -0.137. The third-order valence-electron chi connectivity index (χ3n) is 4.97. The number of rotatable bonds is 9. The Morgan fingerprint density at radius 2 is 1.82 bits per heavy atom. The number of ether oxygens (including phenoxy) is 2. The minimum Gasteiger partial charge on any atom is -0.489 e. The first-order valence-electron chi connectivity index (χ1n) is 10.7. The van der Waals surface area contributed by atoms with Gasteiger partial charge in [-0.05, 0) is 62.2 Å². The number of aromatic nitrogens is 1. The van der Waals surface area contributed by atoms with Crippen molar-refractivity contribution in [1.29, 1.82) is 5.26 Å². The van der Waals surface area contributed by atoms with Crippen molar-refractivity contribution in [2.24, 2.45) is 0 Å². The number of esters is 1. The molecule has 0 unspecified atom stereocenters. The Morgan fingerprint density at radius 3 is 2.41 bits per heavy atom. The minimum atomic E-state index is -0.664. The molecule has 1 N–H and O–H groups in total. The van der Waals surface area contributed by atoms with Crippen LogP contribution in [0, 0.1) is 25.2 Å². The lowest BCUT2D eigenvalue weighted by atomic mass is 10.1.